The van der Waals surface area contributed by atoms with Crippen LogP contribution in [0, 0.1) is 17.0 Å². The third kappa shape index (κ3) is 5.86. The van der Waals surface area contributed by atoms with E-state index in [-0.39, 0.29) is 23.8 Å². The molecule has 0 heterocycles. The number of aryl methyl sites for hydroxylation is 1. The molecule has 0 radical (unpaired) electrons. The molecule has 8 heteroatoms. The SMILES string of the molecule is CCNC(=O)C[NH+](CC)[C@@H](C(=O)Nc1ccc(C)cc1[N+](=O)[O-])c1ccccc1. The van der Waals surface area contributed by atoms with Gasteiger partial charge in [0.1, 0.15) is 5.69 Å². The molecule has 154 valence electrons. The molecule has 0 aliphatic heterocycles. The van der Waals surface area contributed by atoms with Gasteiger partial charge in [0, 0.05) is 18.2 Å². The molecule has 1 unspecified atom stereocenters. The van der Waals surface area contributed by atoms with E-state index >= 15 is 0 Å². The van der Waals surface area contributed by atoms with Crippen LogP contribution in [0.5, 0.6) is 0 Å². The standard InChI is InChI=1S/C21H26N4O4/c1-4-22-19(26)14-24(5-2)20(16-9-7-6-8-10-16)21(27)23-17-12-11-15(3)13-18(17)25(28)29/h6-13,20H,4-5,14H2,1-3H3,(H,22,26)(H,23,27)/p+1/t20-/m1/s1. The van der Waals surface area contributed by atoms with Gasteiger partial charge in [0.2, 0.25) is 0 Å². The van der Waals surface area contributed by atoms with Gasteiger partial charge >= 0.3 is 0 Å². The highest BCUT2D eigenvalue weighted by Gasteiger charge is 2.33. The number of rotatable bonds is 9. The average molecular weight is 399 g/mol. The lowest BCUT2D eigenvalue weighted by molar-refractivity contribution is -0.912. The van der Waals surface area contributed by atoms with Gasteiger partial charge in [-0.25, -0.2) is 0 Å². The molecular formula is C21H27N4O4+. The summed E-state index contributed by atoms with van der Waals surface area (Å²) in [5.74, 6) is -0.552. The summed E-state index contributed by atoms with van der Waals surface area (Å²) in [5, 5.41) is 16.9. The molecule has 0 aromatic heterocycles. The largest absolute Gasteiger partial charge is 0.351 e. The number of hydrogen-bond acceptors (Lipinski definition) is 4. The zero-order valence-corrected chi connectivity index (χ0v) is 16.9. The molecule has 29 heavy (non-hydrogen) atoms. The zero-order valence-electron chi connectivity index (χ0n) is 16.9. The molecule has 0 bridgehead atoms. The van der Waals surface area contributed by atoms with Crippen molar-refractivity contribution in [3.8, 4) is 0 Å². The Balaban J connectivity index is 2.37. The van der Waals surface area contributed by atoms with Crippen LogP contribution in [0.15, 0.2) is 48.5 Å². The fraction of sp³-hybridized carbons (Fsp3) is 0.333. The van der Waals surface area contributed by atoms with Gasteiger partial charge in [-0.1, -0.05) is 36.4 Å². The number of anilines is 1. The Morgan fingerprint density at radius 1 is 1.14 bits per heavy atom. The van der Waals surface area contributed by atoms with Crippen molar-refractivity contribution in [2.24, 2.45) is 0 Å². The monoisotopic (exact) mass is 399 g/mol. The molecule has 2 atom stereocenters. The van der Waals surface area contributed by atoms with Crippen molar-refractivity contribution in [1.82, 2.24) is 5.32 Å². The van der Waals surface area contributed by atoms with Crippen molar-refractivity contribution >= 4 is 23.2 Å². The van der Waals surface area contributed by atoms with Gasteiger partial charge in [0.05, 0.1) is 11.5 Å². The van der Waals surface area contributed by atoms with E-state index in [1.165, 1.54) is 12.1 Å². The maximum atomic E-state index is 13.2. The van der Waals surface area contributed by atoms with Crippen LogP contribution in [0.2, 0.25) is 0 Å². The van der Waals surface area contributed by atoms with Crippen molar-refractivity contribution in [1.29, 1.82) is 0 Å². The number of nitrogens with one attached hydrogen (secondary N) is 3. The van der Waals surface area contributed by atoms with E-state index in [4.69, 9.17) is 0 Å². The molecule has 0 saturated heterocycles. The number of carbonyl (C=O) groups excluding carboxylic acids is 2. The van der Waals surface area contributed by atoms with E-state index in [0.717, 1.165) is 16.0 Å². The van der Waals surface area contributed by atoms with Gasteiger partial charge in [-0.3, -0.25) is 19.7 Å². The van der Waals surface area contributed by atoms with Crippen LogP contribution in [0.4, 0.5) is 11.4 Å². The van der Waals surface area contributed by atoms with Gasteiger partial charge in [0.15, 0.2) is 12.6 Å². The van der Waals surface area contributed by atoms with Crippen molar-refractivity contribution in [3.63, 3.8) is 0 Å². The molecule has 0 aliphatic rings. The minimum absolute atomic E-state index is 0.118. The van der Waals surface area contributed by atoms with E-state index in [2.05, 4.69) is 10.6 Å². The summed E-state index contributed by atoms with van der Waals surface area (Å²) in [7, 11) is 0. The van der Waals surface area contributed by atoms with Crippen LogP contribution in [0.3, 0.4) is 0 Å². The fourth-order valence-electron chi connectivity index (χ4n) is 3.22. The Morgan fingerprint density at radius 3 is 2.41 bits per heavy atom. The number of nitrogens with zero attached hydrogens (tertiary/aromatic N) is 1. The van der Waals surface area contributed by atoms with Crippen LogP contribution >= 0.6 is 0 Å². The number of benzene rings is 2. The van der Waals surface area contributed by atoms with E-state index in [9.17, 15) is 19.7 Å². The molecule has 0 spiro atoms. The predicted molar refractivity (Wildman–Crippen MR) is 111 cm³/mol. The molecular weight excluding hydrogens is 372 g/mol. The quantitative estimate of drug-likeness (QED) is 0.440. The smallest absolute Gasteiger partial charge is 0.293 e. The molecule has 0 aliphatic carbocycles. The van der Waals surface area contributed by atoms with Gasteiger partial charge in [-0.15, -0.1) is 0 Å². The number of likely N-dealkylation sites (N-methyl/N-ethyl adjacent to an activating group) is 2. The normalized spacial score (nSPS) is 12.7. The first-order valence-corrected chi connectivity index (χ1v) is 9.59. The molecule has 0 saturated carbocycles. The molecule has 2 amide bonds. The Hall–Kier alpha value is -3.26. The van der Waals surface area contributed by atoms with Crippen molar-refractivity contribution < 1.29 is 19.4 Å². The number of hydrogen-bond donors (Lipinski definition) is 3. The third-order valence-corrected chi connectivity index (χ3v) is 4.63. The average Bonchev–Trinajstić information content (AvgIpc) is 2.69. The first-order chi connectivity index (χ1) is 13.9. The Bertz CT molecular complexity index is 870. The van der Waals surface area contributed by atoms with Crippen LogP contribution < -0.4 is 15.5 Å². The van der Waals surface area contributed by atoms with Gasteiger partial charge < -0.3 is 15.5 Å². The highest BCUT2D eigenvalue weighted by atomic mass is 16.6. The molecule has 0 fully saturated rings. The number of nitro groups is 1. The molecule has 2 rings (SSSR count). The van der Waals surface area contributed by atoms with E-state index in [1.807, 2.05) is 44.2 Å². The number of carbonyl (C=O) groups is 2. The second kappa shape index (κ2) is 10.3. The Labute approximate surface area is 170 Å². The highest BCUT2D eigenvalue weighted by molar-refractivity contribution is 5.96. The number of amides is 2. The molecule has 2 aromatic carbocycles. The van der Waals surface area contributed by atoms with Crippen LogP contribution in [-0.2, 0) is 9.59 Å². The Kier molecular flexibility index (Phi) is 7.85. The maximum absolute atomic E-state index is 13.2. The summed E-state index contributed by atoms with van der Waals surface area (Å²) in [6.45, 7) is 6.63. The highest BCUT2D eigenvalue weighted by Crippen LogP contribution is 2.26. The summed E-state index contributed by atoms with van der Waals surface area (Å²) in [6, 6.07) is 13.1. The summed E-state index contributed by atoms with van der Waals surface area (Å²) < 4.78 is 0. The molecule has 3 N–H and O–H groups in total. The second-order valence-corrected chi connectivity index (χ2v) is 6.75. The van der Waals surface area contributed by atoms with Gasteiger partial charge in [-0.05, 0) is 32.4 Å². The first-order valence-electron chi connectivity index (χ1n) is 9.59. The third-order valence-electron chi connectivity index (χ3n) is 4.63. The summed E-state index contributed by atoms with van der Waals surface area (Å²) in [6.07, 6.45) is 0. The van der Waals surface area contributed by atoms with Crippen LogP contribution in [0.25, 0.3) is 0 Å². The zero-order chi connectivity index (χ0) is 21.4. The lowest BCUT2D eigenvalue weighted by Crippen LogP contribution is -3.14. The van der Waals surface area contributed by atoms with E-state index in [1.54, 1.807) is 13.0 Å². The maximum Gasteiger partial charge on any atom is 0.293 e. The summed E-state index contributed by atoms with van der Waals surface area (Å²) in [5.41, 5.74) is 1.44. The second-order valence-electron chi connectivity index (χ2n) is 6.75. The van der Waals surface area contributed by atoms with Crippen molar-refractivity contribution in [3.05, 3.63) is 69.8 Å². The van der Waals surface area contributed by atoms with E-state index < -0.39 is 16.9 Å². The lowest BCUT2D eigenvalue weighted by Gasteiger charge is -2.26. The first kappa shape index (κ1) is 22.0. The van der Waals surface area contributed by atoms with E-state index in [0.29, 0.717) is 13.1 Å². The van der Waals surface area contributed by atoms with Crippen LogP contribution in [0.1, 0.15) is 31.0 Å². The predicted octanol–water partition coefficient (Wildman–Crippen LogP) is 1.62. The lowest BCUT2D eigenvalue weighted by atomic mass is 10.0. The van der Waals surface area contributed by atoms with Crippen LogP contribution in [-0.4, -0.2) is 36.4 Å². The number of nitro benzene ring substituents is 1. The minimum atomic E-state index is -0.690. The van der Waals surface area contributed by atoms with Crippen molar-refractivity contribution in [2.75, 3.05) is 25.0 Å². The molecule has 8 nitrogen and oxygen atoms in total. The number of quaternary nitrogens is 1. The summed E-state index contributed by atoms with van der Waals surface area (Å²) in [4.78, 5) is 37.0. The van der Waals surface area contributed by atoms with Gasteiger partial charge in [-0.2, -0.15) is 0 Å². The Morgan fingerprint density at radius 2 is 1.83 bits per heavy atom. The van der Waals surface area contributed by atoms with Crippen molar-refractivity contribution in [2.45, 2.75) is 26.8 Å². The topological polar surface area (TPSA) is 106 Å². The summed E-state index contributed by atoms with van der Waals surface area (Å²) >= 11 is 0. The minimum Gasteiger partial charge on any atom is -0.351 e. The molecule has 2 aromatic rings. The van der Waals surface area contributed by atoms with Gasteiger partial charge in [0.25, 0.3) is 17.5 Å². The fourth-order valence-corrected chi connectivity index (χ4v) is 3.22.